The number of hydrogen-bond acceptors (Lipinski definition) is 4. The Morgan fingerprint density at radius 2 is 2.47 bits per heavy atom. The molecule has 0 unspecified atom stereocenters. The van der Waals surface area contributed by atoms with Crippen LogP contribution in [0.2, 0.25) is 0 Å². The van der Waals surface area contributed by atoms with Crippen LogP contribution in [0, 0.1) is 6.92 Å². The highest BCUT2D eigenvalue weighted by Crippen LogP contribution is 1.93. The molecule has 0 amide bonds. The van der Waals surface area contributed by atoms with Gasteiger partial charge in [-0.1, -0.05) is 6.58 Å². The Bertz CT molecular complexity index is 302. The maximum absolute atomic E-state index is 5.00. The Kier molecular flexibility index (Phi) is 5.40. The van der Waals surface area contributed by atoms with E-state index in [-0.39, 0.29) is 0 Å². The average molecular weight is 207 g/mol. The smallest absolute Gasteiger partial charge is 0.125 e. The average Bonchev–Trinajstić information content (AvgIpc) is 2.23. The molecule has 0 saturated carbocycles. The van der Waals surface area contributed by atoms with Gasteiger partial charge in [-0.15, -0.1) is 0 Å². The van der Waals surface area contributed by atoms with Crippen molar-refractivity contribution in [2.24, 2.45) is 0 Å². The maximum Gasteiger partial charge on any atom is 0.125 e. The number of nitrogens with zero attached hydrogens (tertiary/aromatic N) is 2. The second kappa shape index (κ2) is 6.95. The third-order valence-corrected chi connectivity index (χ3v) is 1.87. The highest BCUT2D eigenvalue weighted by Gasteiger charge is 1.94. The molecule has 4 nitrogen and oxygen atoms in total. The van der Waals surface area contributed by atoms with E-state index >= 15 is 0 Å². The van der Waals surface area contributed by atoms with E-state index in [2.05, 4.69) is 21.9 Å². The standard InChI is InChI=1S/C11H17N3O/c1-3-15-8-4-6-12-9-11-5-7-13-10(2)14-11/h3,5,7,12H,1,4,6,8-9H2,2H3. The first-order valence-electron chi connectivity index (χ1n) is 5.04. The van der Waals surface area contributed by atoms with Crippen molar-refractivity contribution in [2.75, 3.05) is 13.2 Å². The minimum absolute atomic E-state index is 0.708. The van der Waals surface area contributed by atoms with Crippen LogP contribution in [0.25, 0.3) is 0 Å². The lowest BCUT2D eigenvalue weighted by Gasteiger charge is -2.04. The molecule has 0 aliphatic rings. The molecule has 0 atom stereocenters. The number of hydrogen-bond donors (Lipinski definition) is 1. The Hall–Kier alpha value is -1.42. The predicted molar refractivity (Wildman–Crippen MR) is 59.2 cm³/mol. The normalized spacial score (nSPS) is 9.93. The van der Waals surface area contributed by atoms with Gasteiger partial charge in [-0.25, -0.2) is 9.97 Å². The highest BCUT2D eigenvalue weighted by atomic mass is 16.5. The summed E-state index contributed by atoms with van der Waals surface area (Å²) in [4.78, 5) is 8.32. The summed E-state index contributed by atoms with van der Waals surface area (Å²) in [6.07, 6.45) is 4.21. The van der Waals surface area contributed by atoms with E-state index in [1.54, 1.807) is 6.20 Å². The van der Waals surface area contributed by atoms with Crippen LogP contribution >= 0.6 is 0 Å². The number of ether oxygens (including phenoxy) is 1. The molecule has 0 saturated heterocycles. The largest absolute Gasteiger partial charge is 0.502 e. The van der Waals surface area contributed by atoms with E-state index in [0.29, 0.717) is 6.61 Å². The molecule has 0 radical (unpaired) electrons. The summed E-state index contributed by atoms with van der Waals surface area (Å²) < 4.78 is 5.00. The van der Waals surface area contributed by atoms with Crippen molar-refractivity contribution in [1.82, 2.24) is 15.3 Å². The summed E-state index contributed by atoms with van der Waals surface area (Å²) in [5, 5.41) is 3.28. The molecular weight excluding hydrogens is 190 g/mol. The molecule has 0 aliphatic carbocycles. The van der Waals surface area contributed by atoms with E-state index in [0.717, 1.165) is 31.0 Å². The van der Waals surface area contributed by atoms with Gasteiger partial charge in [0.15, 0.2) is 0 Å². The van der Waals surface area contributed by atoms with Gasteiger partial charge < -0.3 is 10.1 Å². The van der Waals surface area contributed by atoms with Crippen LogP contribution < -0.4 is 5.32 Å². The topological polar surface area (TPSA) is 47.0 Å². The van der Waals surface area contributed by atoms with E-state index < -0.39 is 0 Å². The molecule has 4 heteroatoms. The molecule has 1 aromatic heterocycles. The van der Waals surface area contributed by atoms with Gasteiger partial charge in [-0.3, -0.25) is 0 Å². The number of nitrogens with one attached hydrogen (secondary N) is 1. The minimum atomic E-state index is 0.708. The van der Waals surface area contributed by atoms with Gasteiger partial charge in [0.2, 0.25) is 0 Å². The van der Waals surface area contributed by atoms with E-state index in [9.17, 15) is 0 Å². The van der Waals surface area contributed by atoms with Crippen molar-refractivity contribution in [3.8, 4) is 0 Å². The van der Waals surface area contributed by atoms with Crippen LogP contribution in [0.15, 0.2) is 25.1 Å². The molecule has 0 fully saturated rings. The molecule has 1 heterocycles. The predicted octanol–water partition coefficient (Wildman–Crippen LogP) is 1.42. The zero-order valence-corrected chi connectivity index (χ0v) is 9.07. The molecule has 1 aromatic rings. The molecule has 82 valence electrons. The van der Waals surface area contributed by atoms with Crippen molar-refractivity contribution in [1.29, 1.82) is 0 Å². The van der Waals surface area contributed by atoms with Crippen LogP contribution in [0.5, 0.6) is 0 Å². The third-order valence-electron chi connectivity index (χ3n) is 1.87. The van der Waals surface area contributed by atoms with Crippen LogP contribution in [0.1, 0.15) is 17.9 Å². The van der Waals surface area contributed by atoms with Gasteiger partial charge >= 0.3 is 0 Å². The lowest BCUT2D eigenvalue weighted by Crippen LogP contribution is -2.17. The maximum atomic E-state index is 5.00. The van der Waals surface area contributed by atoms with Crippen molar-refractivity contribution in [3.05, 3.63) is 36.6 Å². The zero-order valence-electron chi connectivity index (χ0n) is 9.07. The van der Waals surface area contributed by atoms with Crippen molar-refractivity contribution in [2.45, 2.75) is 19.9 Å². The number of rotatable bonds is 7. The Morgan fingerprint density at radius 1 is 1.60 bits per heavy atom. The molecule has 0 bridgehead atoms. The fourth-order valence-electron chi connectivity index (χ4n) is 1.18. The summed E-state index contributed by atoms with van der Waals surface area (Å²) in [6, 6.07) is 1.92. The molecule has 0 aliphatic heterocycles. The second-order valence-electron chi connectivity index (χ2n) is 3.16. The first-order chi connectivity index (χ1) is 7.33. The first kappa shape index (κ1) is 11.7. The summed E-state index contributed by atoms with van der Waals surface area (Å²) in [6.45, 7) is 7.76. The molecular formula is C11H17N3O. The van der Waals surface area contributed by atoms with Crippen molar-refractivity contribution < 1.29 is 4.74 Å². The highest BCUT2D eigenvalue weighted by molar-refractivity contribution is 5.00. The SMILES string of the molecule is C=COCCCNCc1ccnc(C)n1. The van der Waals surface area contributed by atoms with E-state index in [1.165, 1.54) is 6.26 Å². The quantitative estimate of drug-likeness (QED) is 0.542. The Balaban J connectivity index is 2.12. The van der Waals surface area contributed by atoms with Gasteiger partial charge in [0.1, 0.15) is 5.82 Å². The van der Waals surface area contributed by atoms with Crippen molar-refractivity contribution in [3.63, 3.8) is 0 Å². The lowest BCUT2D eigenvalue weighted by molar-refractivity contribution is 0.244. The van der Waals surface area contributed by atoms with Gasteiger partial charge in [0, 0.05) is 12.7 Å². The number of aromatic nitrogens is 2. The summed E-state index contributed by atoms with van der Waals surface area (Å²) in [5.74, 6) is 0.810. The van der Waals surface area contributed by atoms with E-state index in [4.69, 9.17) is 4.74 Å². The van der Waals surface area contributed by atoms with Crippen molar-refractivity contribution >= 4 is 0 Å². The fourth-order valence-corrected chi connectivity index (χ4v) is 1.18. The monoisotopic (exact) mass is 207 g/mol. The van der Waals surface area contributed by atoms with Crippen LogP contribution in [0.4, 0.5) is 0 Å². The van der Waals surface area contributed by atoms with Gasteiger partial charge in [-0.2, -0.15) is 0 Å². The van der Waals surface area contributed by atoms with Crippen LogP contribution in [0.3, 0.4) is 0 Å². The zero-order chi connectivity index (χ0) is 10.9. The molecule has 1 rings (SSSR count). The number of aryl methyl sites for hydroxylation is 1. The van der Waals surface area contributed by atoms with E-state index in [1.807, 2.05) is 13.0 Å². The lowest BCUT2D eigenvalue weighted by atomic mass is 10.3. The van der Waals surface area contributed by atoms with Crippen LogP contribution in [-0.4, -0.2) is 23.1 Å². The molecule has 1 N–H and O–H groups in total. The van der Waals surface area contributed by atoms with Gasteiger partial charge in [0.05, 0.1) is 18.6 Å². The Labute approximate surface area is 90.4 Å². The molecule has 15 heavy (non-hydrogen) atoms. The van der Waals surface area contributed by atoms with Gasteiger partial charge in [-0.05, 0) is 26.0 Å². The Morgan fingerprint density at radius 3 is 3.20 bits per heavy atom. The second-order valence-corrected chi connectivity index (χ2v) is 3.16. The fraction of sp³-hybridized carbons (Fsp3) is 0.455. The summed E-state index contributed by atoms with van der Waals surface area (Å²) in [5.41, 5.74) is 1.02. The molecule has 0 spiro atoms. The minimum Gasteiger partial charge on any atom is -0.502 e. The third kappa shape index (κ3) is 5.12. The van der Waals surface area contributed by atoms with Gasteiger partial charge in [0.25, 0.3) is 0 Å². The van der Waals surface area contributed by atoms with Crippen LogP contribution in [-0.2, 0) is 11.3 Å². The summed E-state index contributed by atoms with van der Waals surface area (Å²) >= 11 is 0. The molecule has 0 aromatic carbocycles. The first-order valence-corrected chi connectivity index (χ1v) is 5.04. The summed E-state index contributed by atoms with van der Waals surface area (Å²) in [7, 11) is 0.